The maximum atomic E-state index is 12.5. The first-order chi connectivity index (χ1) is 14.6. The van der Waals surface area contributed by atoms with Crippen LogP contribution in [-0.4, -0.2) is 5.97 Å². The topological polar surface area (TPSA) is 26.3 Å². The smallest absolute Gasteiger partial charge is 0.343 e. The maximum Gasteiger partial charge on any atom is 0.343 e. The van der Waals surface area contributed by atoms with Gasteiger partial charge in [0.15, 0.2) is 0 Å². The Balaban J connectivity index is 1.55. The molecule has 2 nitrogen and oxygen atoms in total. The molecule has 0 radical (unpaired) electrons. The molecule has 1 aliphatic rings. The first kappa shape index (κ1) is 22.6. The molecule has 1 saturated carbocycles. The van der Waals surface area contributed by atoms with Gasteiger partial charge in [-0.1, -0.05) is 70.7 Å². The van der Waals surface area contributed by atoms with Gasteiger partial charge >= 0.3 is 5.97 Å². The van der Waals surface area contributed by atoms with E-state index in [1.54, 1.807) is 0 Å². The van der Waals surface area contributed by atoms with E-state index in [1.807, 2.05) is 24.3 Å². The summed E-state index contributed by atoms with van der Waals surface area (Å²) in [6.07, 6.45) is 11.4. The van der Waals surface area contributed by atoms with Crippen LogP contribution in [0, 0.1) is 11.8 Å². The predicted octanol–water partition coefficient (Wildman–Crippen LogP) is 7.96. The van der Waals surface area contributed by atoms with Crippen molar-refractivity contribution in [3.05, 3.63) is 65.2 Å². The quantitative estimate of drug-likeness (QED) is 0.312. The standard InChI is InChI=1S/C28H38O2/c1-4-6-8-22-10-17-26(18-11-22)30-28(29)25-15-13-24(14-16-25)27-19-12-23(9-7-5-2)20-21(27)3/h10-11,13-18,21,23,27H,4-9,12,19-20H2,1-3H3. The Morgan fingerprint density at radius 3 is 2.27 bits per heavy atom. The Kier molecular flexibility index (Phi) is 8.54. The van der Waals surface area contributed by atoms with E-state index in [-0.39, 0.29) is 5.97 Å². The van der Waals surface area contributed by atoms with Crippen LogP contribution in [-0.2, 0) is 6.42 Å². The Labute approximate surface area is 183 Å². The third-order valence-electron chi connectivity index (χ3n) is 6.77. The minimum Gasteiger partial charge on any atom is -0.423 e. The van der Waals surface area contributed by atoms with Gasteiger partial charge in [-0.05, 0) is 85.3 Å². The van der Waals surface area contributed by atoms with E-state index in [2.05, 4.69) is 45.0 Å². The SMILES string of the molecule is CCCCc1ccc(OC(=O)c2ccc(C3CCC(CCCC)CC3C)cc2)cc1. The molecular weight excluding hydrogens is 368 g/mol. The van der Waals surface area contributed by atoms with E-state index >= 15 is 0 Å². The van der Waals surface area contributed by atoms with Gasteiger partial charge in [0.05, 0.1) is 5.56 Å². The Bertz CT molecular complexity index is 775. The molecule has 162 valence electrons. The van der Waals surface area contributed by atoms with Crippen LogP contribution in [0.25, 0.3) is 0 Å². The van der Waals surface area contributed by atoms with Crippen LogP contribution < -0.4 is 4.74 Å². The van der Waals surface area contributed by atoms with Crippen LogP contribution in [0.2, 0.25) is 0 Å². The molecule has 0 amide bonds. The molecule has 1 fully saturated rings. The minimum absolute atomic E-state index is 0.279. The maximum absolute atomic E-state index is 12.5. The second-order valence-electron chi connectivity index (χ2n) is 9.16. The molecule has 0 saturated heterocycles. The Hall–Kier alpha value is -2.09. The molecule has 2 aromatic carbocycles. The van der Waals surface area contributed by atoms with Crippen molar-refractivity contribution in [2.24, 2.45) is 11.8 Å². The summed E-state index contributed by atoms with van der Waals surface area (Å²) < 4.78 is 5.58. The van der Waals surface area contributed by atoms with Gasteiger partial charge in [0.2, 0.25) is 0 Å². The van der Waals surface area contributed by atoms with E-state index in [0.717, 1.165) is 12.3 Å². The third kappa shape index (κ3) is 6.20. The van der Waals surface area contributed by atoms with Gasteiger partial charge in [0, 0.05) is 0 Å². The van der Waals surface area contributed by atoms with Gasteiger partial charge in [0.1, 0.15) is 5.75 Å². The van der Waals surface area contributed by atoms with Gasteiger partial charge < -0.3 is 4.74 Å². The zero-order valence-electron chi connectivity index (χ0n) is 19.0. The average molecular weight is 407 g/mol. The molecule has 2 heteroatoms. The number of rotatable bonds is 9. The number of aryl methyl sites for hydroxylation is 1. The minimum atomic E-state index is -0.279. The van der Waals surface area contributed by atoms with Crippen molar-refractivity contribution in [3.8, 4) is 5.75 Å². The van der Waals surface area contributed by atoms with Gasteiger partial charge in [-0.25, -0.2) is 4.79 Å². The fourth-order valence-corrected chi connectivity index (χ4v) is 4.90. The fourth-order valence-electron chi connectivity index (χ4n) is 4.90. The van der Waals surface area contributed by atoms with Gasteiger partial charge in [0.25, 0.3) is 0 Å². The molecule has 0 spiro atoms. The van der Waals surface area contributed by atoms with Gasteiger partial charge in [-0.15, -0.1) is 0 Å². The van der Waals surface area contributed by atoms with Crippen LogP contribution in [0.5, 0.6) is 5.75 Å². The first-order valence-corrected chi connectivity index (χ1v) is 12.0. The van der Waals surface area contributed by atoms with E-state index in [4.69, 9.17) is 4.74 Å². The van der Waals surface area contributed by atoms with Crippen molar-refractivity contribution in [2.75, 3.05) is 0 Å². The highest BCUT2D eigenvalue weighted by Crippen LogP contribution is 2.41. The van der Waals surface area contributed by atoms with Gasteiger partial charge in [-0.2, -0.15) is 0 Å². The Morgan fingerprint density at radius 1 is 0.933 bits per heavy atom. The lowest BCUT2D eigenvalue weighted by Gasteiger charge is -2.34. The number of esters is 1. The second-order valence-corrected chi connectivity index (χ2v) is 9.16. The van der Waals surface area contributed by atoms with Crippen LogP contribution in [0.1, 0.15) is 99.5 Å². The van der Waals surface area contributed by atoms with Crippen LogP contribution in [0.4, 0.5) is 0 Å². The molecular formula is C28H38O2. The molecule has 2 aromatic rings. The number of benzene rings is 2. The summed E-state index contributed by atoms with van der Waals surface area (Å²) in [7, 11) is 0. The highest BCUT2D eigenvalue weighted by molar-refractivity contribution is 5.91. The normalized spacial score (nSPS) is 21.4. The summed E-state index contributed by atoms with van der Waals surface area (Å²) in [5.74, 6) is 2.56. The van der Waals surface area contributed by atoms with E-state index < -0.39 is 0 Å². The van der Waals surface area contributed by atoms with Crippen molar-refractivity contribution in [3.63, 3.8) is 0 Å². The lowest BCUT2D eigenvalue weighted by atomic mass is 9.71. The molecule has 0 aromatic heterocycles. The molecule has 0 N–H and O–H groups in total. The predicted molar refractivity (Wildman–Crippen MR) is 125 cm³/mol. The van der Waals surface area contributed by atoms with Crippen molar-refractivity contribution in [2.45, 2.75) is 84.5 Å². The van der Waals surface area contributed by atoms with Crippen LogP contribution >= 0.6 is 0 Å². The number of hydrogen-bond acceptors (Lipinski definition) is 2. The molecule has 0 heterocycles. The second kappa shape index (κ2) is 11.3. The lowest BCUT2D eigenvalue weighted by molar-refractivity contribution is 0.0734. The number of carbonyl (C=O) groups excluding carboxylic acids is 1. The molecule has 0 bridgehead atoms. The zero-order valence-corrected chi connectivity index (χ0v) is 19.0. The molecule has 3 atom stereocenters. The molecule has 3 unspecified atom stereocenters. The first-order valence-electron chi connectivity index (χ1n) is 12.0. The number of ether oxygens (including phenoxy) is 1. The number of unbranched alkanes of at least 4 members (excludes halogenated alkanes) is 2. The number of hydrogen-bond donors (Lipinski definition) is 0. The van der Waals surface area contributed by atoms with Crippen molar-refractivity contribution in [1.29, 1.82) is 0 Å². The average Bonchev–Trinajstić information content (AvgIpc) is 2.77. The molecule has 3 rings (SSSR count). The monoisotopic (exact) mass is 406 g/mol. The summed E-state index contributed by atoms with van der Waals surface area (Å²) in [6, 6.07) is 16.0. The third-order valence-corrected chi connectivity index (χ3v) is 6.77. The van der Waals surface area contributed by atoms with Crippen molar-refractivity contribution >= 4 is 5.97 Å². The largest absolute Gasteiger partial charge is 0.423 e. The van der Waals surface area contributed by atoms with Crippen molar-refractivity contribution in [1.82, 2.24) is 0 Å². The van der Waals surface area contributed by atoms with E-state index in [9.17, 15) is 4.79 Å². The molecule has 1 aliphatic carbocycles. The molecule has 30 heavy (non-hydrogen) atoms. The molecule has 0 aliphatic heterocycles. The van der Waals surface area contributed by atoms with E-state index in [1.165, 1.54) is 62.5 Å². The van der Waals surface area contributed by atoms with Gasteiger partial charge in [-0.3, -0.25) is 0 Å². The summed E-state index contributed by atoms with van der Waals surface area (Å²) in [5, 5.41) is 0. The van der Waals surface area contributed by atoms with E-state index in [0.29, 0.717) is 23.1 Å². The highest BCUT2D eigenvalue weighted by Gasteiger charge is 2.28. The Morgan fingerprint density at radius 2 is 1.63 bits per heavy atom. The summed E-state index contributed by atoms with van der Waals surface area (Å²) in [5.41, 5.74) is 3.28. The van der Waals surface area contributed by atoms with Crippen LogP contribution in [0.3, 0.4) is 0 Å². The highest BCUT2D eigenvalue weighted by atomic mass is 16.5. The zero-order chi connectivity index (χ0) is 21.3. The fraction of sp³-hybridized carbons (Fsp3) is 0.536. The lowest BCUT2D eigenvalue weighted by Crippen LogP contribution is -2.21. The summed E-state index contributed by atoms with van der Waals surface area (Å²) >= 11 is 0. The van der Waals surface area contributed by atoms with Crippen molar-refractivity contribution < 1.29 is 9.53 Å². The summed E-state index contributed by atoms with van der Waals surface area (Å²) in [4.78, 5) is 12.5. The summed E-state index contributed by atoms with van der Waals surface area (Å²) in [6.45, 7) is 6.88. The number of carbonyl (C=O) groups is 1. The van der Waals surface area contributed by atoms with Crippen LogP contribution in [0.15, 0.2) is 48.5 Å².